The minimum atomic E-state index is -0.312. The molecule has 3 aromatic rings. The van der Waals surface area contributed by atoms with Crippen LogP contribution in [-0.4, -0.2) is 34.1 Å². The maximum Gasteiger partial charge on any atom is 0.261 e. The Kier molecular flexibility index (Phi) is 5.06. The molecule has 1 amide bonds. The van der Waals surface area contributed by atoms with Gasteiger partial charge in [-0.3, -0.25) is 4.79 Å². The Hall–Kier alpha value is -3.22. The normalized spacial score (nSPS) is 16.6. The molecule has 2 aromatic carbocycles. The van der Waals surface area contributed by atoms with Crippen molar-refractivity contribution in [2.45, 2.75) is 25.8 Å². The number of carbonyl (C=O) groups excluding carboxylic acids is 1. The molecule has 144 valence electrons. The van der Waals surface area contributed by atoms with Crippen LogP contribution in [0.4, 0.5) is 4.39 Å². The topological polar surface area (TPSA) is 68.5 Å². The number of hydrogen-bond donors (Lipinski definition) is 0. The Morgan fingerprint density at radius 2 is 2.00 bits per heavy atom. The highest BCUT2D eigenvalue weighted by Crippen LogP contribution is 2.32. The minimum absolute atomic E-state index is 0.0469. The van der Waals surface area contributed by atoms with Crippen molar-refractivity contribution in [2.75, 3.05) is 13.2 Å². The number of hydrogen-bond acceptors (Lipinski definition) is 5. The van der Waals surface area contributed by atoms with Gasteiger partial charge in [-0.25, -0.2) is 4.39 Å². The molecule has 0 aliphatic carbocycles. The van der Waals surface area contributed by atoms with E-state index in [0.717, 1.165) is 5.56 Å². The summed E-state index contributed by atoms with van der Waals surface area (Å²) in [5.41, 5.74) is 1.21. The summed E-state index contributed by atoms with van der Waals surface area (Å²) in [4.78, 5) is 18.5. The van der Waals surface area contributed by atoms with E-state index in [-0.39, 0.29) is 30.6 Å². The summed E-state index contributed by atoms with van der Waals surface area (Å²) >= 11 is 0. The molecule has 7 heteroatoms. The van der Waals surface area contributed by atoms with E-state index in [1.165, 1.54) is 6.07 Å². The number of nitrogens with zero attached hydrogens (tertiary/aromatic N) is 3. The second-order valence-electron chi connectivity index (χ2n) is 6.65. The fraction of sp³-hybridized carbons (Fsp3) is 0.286. The molecule has 0 saturated carbocycles. The standard InChI is InChI=1S/C21H20FN3O3/c1-2-27-18-10-6-4-8-16(18)21-23-20(24-28-21)15-11-19(26)25(13-15)12-14-7-3-5-9-17(14)22/h3-10,15H,2,11-13H2,1H3. The first kappa shape index (κ1) is 18.2. The van der Waals surface area contributed by atoms with Crippen LogP contribution in [0.1, 0.15) is 30.7 Å². The third kappa shape index (κ3) is 3.60. The van der Waals surface area contributed by atoms with E-state index in [1.54, 1.807) is 23.1 Å². The smallest absolute Gasteiger partial charge is 0.261 e. The van der Waals surface area contributed by atoms with Crippen LogP contribution >= 0.6 is 0 Å². The summed E-state index contributed by atoms with van der Waals surface area (Å²) in [6.45, 7) is 3.10. The highest BCUT2D eigenvalue weighted by molar-refractivity contribution is 5.79. The van der Waals surface area contributed by atoms with Crippen molar-refractivity contribution < 1.29 is 18.4 Å². The van der Waals surface area contributed by atoms with Crippen LogP contribution in [0.2, 0.25) is 0 Å². The maximum absolute atomic E-state index is 13.9. The van der Waals surface area contributed by atoms with Crippen molar-refractivity contribution in [3.63, 3.8) is 0 Å². The Balaban J connectivity index is 1.51. The van der Waals surface area contributed by atoms with Gasteiger partial charge in [-0.1, -0.05) is 35.5 Å². The van der Waals surface area contributed by atoms with Crippen LogP contribution in [0.25, 0.3) is 11.5 Å². The zero-order chi connectivity index (χ0) is 19.5. The quantitative estimate of drug-likeness (QED) is 0.650. The predicted molar refractivity (Wildman–Crippen MR) is 100 cm³/mol. The fourth-order valence-electron chi connectivity index (χ4n) is 3.36. The monoisotopic (exact) mass is 381 g/mol. The summed E-state index contributed by atoms with van der Waals surface area (Å²) in [7, 11) is 0. The van der Waals surface area contributed by atoms with Crippen molar-refractivity contribution >= 4 is 5.91 Å². The molecule has 1 aromatic heterocycles. The number of benzene rings is 2. The van der Waals surface area contributed by atoms with Gasteiger partial charge in [0.2, 0.25) is 5.91 Å². The molecule has 0 radical (unpaired) electrons. The van der Waals surface area contributed by atoms with E-state index in [0.29, 0.717) is 36.2 Å². The molecule has 1 fully saturated rings. The van der Waals surface area contributed by atoms with Gasteiger partial charge >= 0.3 is 0 Å². The molecule has 1 unspecified atom stereocenters. The number of aromatic nitrogens is 2. The van der Waals surface area contributed by atoms with Crippen LogP contribution in [0, 0.1) is 5.82 Å². The molecule has 1 saturated heterocycles. The van der Waals surface area contributed by atoms with Crippen LogP contribution in [0.15, 0.2) is 53.1 Å². The molecule has 1 atom stereocenters. The van der Waals surface area contributed by atoms with E-state index in [4.69, 9.17) is 9.26 Å². The third-order valence-corrected chi connectivity index (χ3v) is 4.76. The molecular formula is C21H20FN3O3. The van der Waals surface area contributed by atoms with Gasteiger partial charge < -0.3 is 14.2 Å². The molecule has 1 aliphatic rings. The molecular weight excluding hydrogens is 361 g/mol. The SMILES string of the molecule is CCOc1ccccc1-c1nc(C2CC(=O)N(Cc3ccccc3F)C2)no1. The Morgan fingerprint density at radius 3 is 2.82 bits per heavy atom. The van der Waals surface area contributed by atoms with Crippen molar-refractivity contribution in [3.8, 4) is 17.2 Å². The molecule has 0 bridgehead atoms. The van der Waals surface area contributed by atoms with Gasteiger partial charge in [0.25, 0.3) is 5.89 Å². The van der Waals surface area contributed by atoms with Gasteiger partial charge in [-0.15, -0.1) is 0 Å². The number of ether oxygens (including phenoxy) is 1. The van der Waals surface area contributed by atoms with Crippen molar-refractivity contribution in [2.24, 2.45) is 0 Å². The van der Waals surface area contributed by atoms with E-state index >= 15 is 0 Å². The Morgan fingerprint density at radius 1 is 1.21 bits per heavy atom. The number of amides is 1. The van der Waals surface area contributed by atoms with E-state index in [1.807, 2.05) is 31.2 Å². The zero-order valence-electron chi connectivity index (χ0n) is 15.5. The highest BCUT2D eigenvalue weighted by Gasteiger charge is 2.34. The van der Waals surface area contributed by atoms with Gasteiger partial charge in [-0.05, 0) is 25.1 Å². The van der Waals surface area contributed by atoms with E-state index in [9.17, 15) is 9.18 Å². The van der Waals surface area contributed by atoms with Crippen molar-refractivity contribution in [3.05, 3.63) is 65.7 Å². The molecule has 4 rings (SSSR count). The number of likely N-dealkylation sites (tertiary alicyclic amines) is 1. The largest absolute Gasteiger partial charge is 0.493 e. The second-order valence-corrected chi connectivity index (χ2v) is 6.65. The summed E-state index contributed by atoms with van der Waals surface area (Å²) in [6, 6.07) is 13.9. The first-order chi connectivity index (χ1) is 13.7. The van der Waals surface area contributed by atoms with Gasteiger partial charge in [0.05, 0.1) is 12.2 Å². The fourth-order valence-corrected chi connectivity index (χ4v) is 3.36. The highest BCUT2D eigenvalue weighted by atomic mass is 19.1. The first-order valence-corrected chi connectivity index (χ1v) is 9.22. The average Bonchev–Trinajstić information content (AvgIpc) is 3.32. The first-order valence-electron chi connectivity index (χ1n) is 9.22. The molecule has 1 aliphatic heterocycles. The van der Waals surface area contributed by atoms with Gasteiger partial charge in [0.15, 0.2) is 5.82 Å². The zero-order valence-corrected chi connectivity index (χ0v) is 15.5. The van der Waals surface area contributed by atoms with Gasteiger partial charge in [0, 0.05) is 31.0 Å². The lowest BCUT2D eigenvalue weighted by atomic mass is 10.1. The lowest BCUT2D eigenvalue weighted by Gasteiger charge is -2.16. The summed E-state index contributed by atoms with van der Waals surface area (Å²) in [6.07, 6.45) is 0.278. The minimum Gasteiger partial charge on any atom is -0.493 e. The average molecular weight is 381 g/mol. The summed E-state index contributed by atoms with van der Waals surface area (Å²) in [5, 5.41) is 4.07. The van der Waals surface area contributed by atoms with Crippen LogP contribution in [0.5, 0.6) is 5.75 Å². The number of carbonyl (C=O) groups is 1. The summed E-state index contributed by atoms with van der Waals surface area (Å²) in [5.74, 6) is 0.965. The molecule has 6 nitrogen and oxygen atoms in total. The maximum atomic E-state index is 13.9. The summed E-state index contributed by atoms with van der Waals surface area (Å²) < 4.78 is 24.9. The van der Waals surface area contributed by atoms with Crippen molar-refractivity contribution in [1.82, 2.24) is 15.0 Å². The van der Waals surface area contributed by atoms with Gasteiger partial charge in [-0.2, -0.15) is 4.98 Å². The van der Waals surface area contributed by atoms with Crippen LogP contribution in [-0.2, 0) is 11.3 Å². The molecule has 0 N–H and O–H groups in total. The van der Waals surface area contributed by atoms with E-state index < -0.39 is 0 Å². The second kappa shape index (κ2) is 7.80. The van der Waals surface area contributed by atoms with Crippen LogP contribution < -0.4 is 4.74 Å². The molecule has 0 spiro atoms. The lowest BCUT2D eigenvalue weighted by Crippen LogP contribution is -2.25. The van der Waals surface area contributed by atoms with Crippen LogP contribution in [0.3, 0.4) is 0 Å². The molecule has 2 heterocycles. The predicted octanol–water partition coefficient (Wildman–Crippen LogP) is 3.79. The number of halogens is 1. The van der Waals surface area contributed by atoms with E-state index in [2.05, 4.69) is 10.1 Å². The van der Waals surface area contributed by atoms with Crippen molar-refractivity contribution in [1.29, 1.82) is 0 Å². The molecule has 28 heavy (non-hydrogen) atoms. The third-order valence-electron chi connectivity index (χ3n) is 4.76. The Bertz CT molecular complexity index is 988. The lowest BCUT2D eigenvalue weighted by molar-refractivity contribution is -0.128. The van der Waals surface area contributed by atoms with Gasteiger partial charge in [0.1, 0.15) is 11.6 Å². The Labute approximate surface area is 161 Å². The number of para-hydroxylation sites is 1. The number of rotatable bonds is 6.